The summed E-state index contributed by atoms with van der Waals surface area (Å²) in [6.45, 7) is 0.481. The molecular weight excluding hydrogens is 590 g/mol. The molecule has 0 aliphatic heterocycles. The van der Waals surface area contributed by atoms with Crippen LogP contribution in [-0.4, -0.2) is 55.6 Å². The molecule has 2 aromatic carbocycles. The highest BCUT2D eigenvalue weighted by Crippen LogP contribution is 2.35. The minimum absolute atomic E-state index is 0.481. The van der Waals surface area contributed by atoms with Crippen LogP contribution in [0.2, 0.25) is 0 Å². The van der Waals surface area contributed by atoms with Crippen molar-refractivity contribution >= 4 is 45.7 Å². The van der Waals surface area contributed by atoms with Gasteiger partial charge in [-0.3, -0.25) is 14.2 Å². The Labute approximate surface area is 271 Å². The summed E-state index contributed by atoms with van der Waals surface area (Å²) in [4.78, 5) is 18.6. The SMILES string of the molecule is CNc1ccc2ccc(/C=C/c3cncc(-n4cc(-c5ccn(C)n5)c5c(NCc6ccc(OC)cc6OC)ncnc54)c3)cc2n1. The second kappa shape index (κ2) is 12.6. The van der Waals surface area contributed by atoms with Gasteiger partial charge < -0.3 is 20.1 Å². The molecular formula is C36H33N9O2. The van der Waals surface area contributed by atoms with Crippen molar-refractivity contribution in [2.45, 2.75) is 6.54 Å². The maximum atomic E-state index is 5.62. The average molecular weight is 624 g/mol. The number of ether oxygens (including phenoxy) is 2. The third kappa shape index (κ3) is 5.94. The van der Waals surface area contributed by atoms with E-state index in [-0.39, 0.29) is 0 Å². The molecule has 0 bridgehead atoms. The van der Waals surface area contributed by atoms with Gasteiger partial charge in [-0.15, -0.1) is 0 Å². The van der Waals surface area contributed by atoms with Crippen LogP contribution in [0.5, 0.6) is 11.5 Å². The van der Waals surface area contributed by atoms with Crippen molar-refractivity contribution in [1.82, 2.24) is 34.3 Å². The van der Waals surface area contributed by atoms with Crippen molar-refractivity contribution in [2.24, 2.45) is 7.05 Å². The molecule has 0 unspecified atom stereocenters. The van der Waals surface area contributed by atoms with Gasteiger partial charge in [-0.2, -0.15) is 5.10 Å². The number of rotatable bonds is 10. The molecule has 0 radical (unpaired) electrons. The number of anilines is 2. The van der Waals surface area contributed by atoms with Crippen molar-refractivity contribution < 1.29 is 9.47 Å². The molecule has 7 rings (SSSR count). The van der Waals surface area contributed by atoms with E-state index in [1.807, 2.05) is 73.8 Å². The molecule has 0 atom stereocenters. The Kier molecular flexibility index (Phi) is 7.93. The van der Waals surface area contributed by atoms with Crippen LogP contribution in [0.4, 0.5) is 11.6 Å². The number of nitrogens with one attached hydrogen (secondary N) is 2. The van der Waals surface area contributed by atoms with Crippen molar-refractivity contribution in [3.8, 4) is 28.4 Å². The Morgan fingerprint density at radius 1 is 0.894 bits per heavy atom. The van der Waals surface area contributed by atoms with Gasteiger partial charge in [0, 0.05) is 61.8 Å². The fraction of sp³-hybridized carbons (Fsp3) is 0.139. The second-order valence-corrected chi connectivity index (χ2v) is 10.9. The monoisotopic (exact) mass is 623 g/mol. The summed E-state index contributed by atoms with van der Waals surface area (Å²) in [5.74, 6) is 2.97. The summed E-state index contributed by atoms with van der Waals surface area (Å²) >= 11 is 0. The normalized spacial score (nSPS) is 11.4. The Balaban J connectivity index is 1.25. The van der Waals surface area contributed by atoms with Crippen molar-refractivity contribution in [1.29, 1.82) is 0 Å². The summed E-state index contributed by atoms with van der Waals surface area (Å²) in [5, 5.41) is 13.3. The van der Waals surface area contributed by atoms with E-state index in [0.29, 0.717) is 12.4 Å². The number of fused-ring (bicyclic) bond motifs is 2. The Bertz CT molecular complexity index is 2250. The highest BCUT2D eigenvalue weighted by molar-refractivity contribution is 6.01. The summed E-state index contributed by atoms with van der Waals surface area (Å²) in [6, 6.07) is 20.1. The van der Waals surface area contributed by atoms with Crippen LogP contribution in [0.15, 0.2) is 91.8 Å². The minimum atomic E-state index is 0.481. The zero-order chi connectivity index (χ0) is 32.3. The molecule has 5 aromatic heterocycles. The Morgan fingerprint density at radius 3 is 2.57 bits per heavy atom. The number of hydrogen-bond acceptors (Lipinski definition) is 9. The van der Waals surface area contributed by atoms with Gasteiger partial charge in [0.05, 0.1) is 42.7 Å². The summed E-state index contributed by atoms with van der Waals surface area (Å²) < 4.78 is 14.8. The highest BCUT2D eigenvalue weighted by Gasteiger charge is 2.19. The van der Waals surface area contributed by atoms with E-state index in [2.05, 4.69) is 68.1 Å². The van der Waals surface area contributed by atoms with Crippen molar-refractivity contribution in [3.05, 3.63) is 108 Å². The first kappa shape index (κ1) is 29.5. The number of methoxy groups -OCH3 is 2. The third-order valence-corrected chi connectivity index (χ3v) is 7.98. The van der Waals surface area contributed by atoms with Crippen molar-refractivity contribution in [3.63, 3.8) is 0 Å². The fourth-order valence-corrected chi connectivity index (χ4v) is 5.56. The van der Waals surface area contributed by atoms with E-state index in [1.54, 1.807) is 25.2 Å². The van der Waals surface area contributed by atoms with Gasteiger partial charge in [0.25, 0.3) is 0 Å². The standard InChI is InChI=1S/C36H33N9O2/c1-37-33-12-10-25-8-7-23(16-31(25)42-33)5-6-24-15-27(20-38-18-24)45-21-29(30-13-14-44(2)43-30)34-35(40-22-41-36(34)45)39-19-26-9-11-28(46-3)17-32(26)47-4/h5-18,20-22H,19H2,1-4H3,(H,37,42)(H,39,40,41)/b6-5+. The molecule has 0 aliphatic rings. The summed E-state index contributed by atoms with van der Waals surface area (Å²) in [5.41, 5.74) is 7.19. The van der Waals surface area contributed by atoms with E-state index in [0.717, 1.165) is 72.9 Å². The molecule has 11 nitrogen and oxygen atoms in total. The van der Waals surface area contributed by atoms with Crippen LogP contribution in [0.1, 0.15) is 16.7 Å². The molecule has 47 heavy (non-hydrogen) atoms. The van der Waals surface area contributed by atoms with E-state index in [1.165, 1.54) is 0 Å². The molecule has 0 saturated heterocycles. The quantitative estimate of drug-likeness (QED) is 0.174. The molecule has 5 heterocycles. The Hall–Kier alpha value is -6.23. The molecule has 0 saturated carbocycles. The third-order valence-electron chi connectivity index (χ3n) is 7.98. The maximum absolute atomic E-state index is 5.62. The summed E-state index contributed by atoms with van der Waals surface area (Å²) in [7, 11) is 7.06. The minimum Gasteiger partial charge on any atom is -0.497 e. The maximum Gasteiger partial charge on any atom is 0.150 e. The number of benzene rings is 2. The second-order valence-electron chi connectivity index (χ2n) is 10.9. The molecule has 0 aliphatic carbocycles. The molecule has 0 amide bonds. The fourth-order valence-electron chi connectivity index (χ4n) is 5.56. The molecule has 0 fully saturated rings. The molecule has 7 aromatic rings. The lowest BCUT2D eigenvalue weighted by Crippen LogP contribution is -2.05. The number of pyridine rings is 2. The van der Waals surface area contributed by atoms with Crippen LogP contribution >= 0.6 is 0 Å². The lowest BCUT2D eigenvalue weighted by molar-refractivity contribution is 0.391. The van der Waals surface area contributed by atoms with Gasteiger partial charge in [-0.05, 0) is 53.6 Å². The van der Waals surface area contributed by atoms with E-state index >= 15 is 0 Å². The number of nitrogens with zero attached hydrogens (tertiary/aromatic N) is 7. The van der Waals surface area contributed by atoms with Gasteiger partial charge in [0.1, 0.15) is 29.5 Å². The zero-order valence-corrected chi connectivity index (χ0v) is 26.5. The number of aryl methyl sites for hydroxylation is 1. The van der Waals surface area contributed by atoms with Gasteiger partial charge in [0.2, 0.25) is 0 Å². The molecule has 2 N–H and O–H groups in total. The van der Waals surface area contributed by atoms with Crippen LogP contribution in [0.3, 0.4) is 0 Å². The highest BCUT2D eigenvalue weighted by atomic mass is 16.5. The Morgan fingerprint density at radius 2 is 1.77 bits per heavy atom. The zero-order valence-electron chi connectivity index (χ0n) is 26.5. The predicted octanol–water partition coefficient (Wildman–Crippen LogP) is 6.61. The van der Waals surface area contributed by atoms with E-state index < -0.39 is 0 Å². The van der Waals surface area contributed by atoms with Gasteiger partial charge in [-0.1, -0.05) is 24.3 Å². The largest absolute Gasteiger partial charge is 0.497 e. The van der Waals surface area contributed by atoms with Gasteiger partial charge >= 0.3 is 0 Å². The smallest absolute Gasteiger partial charge is 0.150 e. The summed E-state index contributed by atoms with van der Waals surface area (Å²) in [6.07, 6.45) is 13.3. The first-order chi connectivity index (χ1) is 23.0. The van der Waals surface area contributed by atoms with Crippen LogP contribution in [-0.2, 0) is 13.6 Å². The van der Waals surface area contributed by atoms with Gasteiger partial charge in [0.15, 0.2) is 5.65 Å². The average Bonchev–Trinajstić information content (AvgIpc) is 3.73. The van der Waals surface area contributed by atoms with Crippen molar-refractivity contribution in [2.75, 3.05) is 31.9 Å². The van der Waals surface area contributed by atoms with Crippen LogP contribution in [0.25, 0.3) is 51.0 Å². The lowest BCUT2D eigenvalue weighted by Gasteiger charge is -2.12. The molecule has 0 spiro atoms. The van der Waals surface area contributed by atoms with Gasteiger partial charge in [-0.25, -0.2) is 15.0 Å². The first-order valence-electron chi connectivity index (χ1n) is 15.1. The van der Waals surface area contributed by atoms with Crippen LogP contribution in [0, 0.1) is 0 Å². The lowest BCUT2D eigenvalue weighted by atomic mass is 10.1. The topological polar surface area (TPSA) is 117 Å². The number of hydrogen-bond donors (Lipinski definition) is 2. The molecule has 234 valence electrons. The first-order valence-corrected chi connectivity index (χ1v) is 15.1. The van der Waals surface area contributed by atoms with E-state index in [9.17, 15) is 0 Å². The number of aromatic nitrogens is 7. The van der Waals surface area contributed by atoms with E-state index in [4.69, 9.17) is 19.6 Å². The molecule has 11 heteroatoms. The van der Waals surface area contributed by atoms with Crippen LogP contribution < -0.4 is 20.1 Å². The predicted molar refractivity (Wildman–Crippen MR) is 186 cm³/mol.